The van der Waals surface area contributed by atoms with Crippen LogP contribution in [0.4, 0.5) is 0 Å². The van der Waals surface area contributed by atoms with Crippen LogP contribution in [0.25, 0.3) is 0 Å². The van der Waals surface area contributed by atoms with Gasteiger partial charge in [0.05, 0.1) is 0 Å². The number of hydrogen-bond donors (Lipinski definition) is 0. The molecule has 0 N–H and O–H groups in total. The van der Waals surface area contributed by atoms with Crippen molar-refractivity contribution in [3.05, 3.63) is 70.8 Å². The first-order valence-corrected chi connectivity index (χ1v) is 7.36. The zero-order valence-electron chi connectivity index (χ0n) is 12.4. The topological polar surface area (TPSA) is 17.1 Å². The van der Waals surface area contributed by atoms with E-state index < -0.39 is 0 Å². The van der Waals surface area contributed by atoms with Crippen LogP contribution in [0.5, 0.6) is 0 Å². The molecule has 0 fully saturated rings. The van der Waals surface area contributed by atoms with Gasteiger partial charge in [-0.2, -0.15) is 0 Å². The zero-order valence-corrected chi connectivity index (χ0v) is 12.4. The van der Waals surface area contributed by atoms with Crippen molar-refractivity contribution in [2.45, 2.75) is 39.5 Å². The zero-order chi connectivity index (χ0) is 14.4. The van der Waals surface area contributed by atoms with Crippen molar-refractivity contribution >= 4 is 5.78 Å². The second-order valence-corrected chi connectivity index (χ2v) is 5.32. The van der Waals surface area contributed by atoms with Crippen molar-refractivity contribution in [2.24, 2.45) is 0 Å². The summed E-state index contributed by atoms with van der Waals surface area (Å²) < 4.78 is 0. The summed E-state index contributed by atoms with van der Waals surface area (Å²) in [5.74, 6) is 0.234. The third-order valence-corrected chi connectivity index (χ3v) is 3.55. The van der Waals surface area contributed by atoms with E-state index in [9.17, 15) is 4.79 Å². The van der Waals surface area contributed by atoms with Crippen LogP contribution in [0, 0.1) is 6.92 Å². The SMILES string of the molecule is CCC(=O)c1cc(C)cc(CCCc2ccccc2)c1. The minimum absolute atomic E-state index is 0.234. The highest BCUT2D eigenvalue weighted by Crippen LogP contribution is 2.14. The number of carbonyl (C=O) groups is 1. The van der Waals surface area contributed by atoms with E-state index in [0.717, 1.165) is 24.8 Å². The number of carbonyl (C=O) groups excluding carboxylic acids is 1. The van der Waals surface area contributed by atoms with Crippen LogP contribution in [-0.2, 0) is 12.8 Å². The molecule has 0 unspecified atom stereocenters. The number of Topliss-reactive ketones (excluding diaryl/α,β-unsaturated/α-hetero) is 1. The molecule has 0 aliphatic rings. The maximum absolute atomic E-state index is 11.8. The molecule has 0 aromatic heterocycles. The van der Waals surface area contributed by atoms with Crippen molar-refractivity contribution in [3.63, 3.8) is 0 Å². The minimum Gasteiger partial charge on any atom is -0.294 e. The first-order chi connectivity index (χ1) is 9.69. The third kappa shape index (κ3) is 4.06. The molecule has 0 amide bonds. The Bertz CT molecular complexity index is 570. The van der Waals surface area contributed by atoms with E-state index in [1.165, 1.54) is 16.7 Å². The van der Waals surface area contributed by atoms with Gasteiger partial charge >= 0.3 is 0 Å². The predicted molar refractivity (Wildman–Crippen MR) is 84.3 cm³/mol. The molecule has 1 heteroatoms. The molecule has 0 saturated carbocycles. The van der Waals surface area contributed by atoms with Crippen LogP contribution in [0.15, 0.2) is 48.5 Å². The molecule has 20 heavy (non-hydrogen) atoms. The van der Waals surface area contributed by atoms with E-state index >= 15 is 0 Å². The maximum Gasteiger partial charge on any atom is 0.162 e. The fourth-order valence-corrected chi connectivity index (χ4v) is 2.51. The number of aryl methyl sites for hydroxylation is 3. The van der Waals surface area contributed by atoms with Gasteiger partial charge < -0.3 is 0 Å². The lowest BCUT2D eigenvalue weighted by molar-refractivity contribution is 0.0988. The summed E-state index contributed by atoms with van der Waals surface area (Å²) in [5, 5.41) is 0. The molecule has 1 nitrogen and oxygen atoms in total. The van der Waals surface area contributed by atoms with Gasteiger partial charge in [0.1, 0.15) is 0 Å². The van der Waals surface area contributed by atoms with Gasteiger partial charge in [0.25, 0.3) is 0 Å². The molecule has 0 aliphatic heterocycles. The molecule has 0 bridgehead atoms. The largest absolute Gasteiger partial charge is 0.294 e. The molecular formula is C19H22O. The summed E-state index contributed by atoms with van der Waals surface area (Å²) in [6, 6.07) is 16.8. The second kappa shape index (κ2) is 7.04. The fourth-order valence-electron chi connectivity index (χ4n) is 2.51. The molecule has 2 rings (SSSR count). The van der Waals surface area contributed by atoms with Crippen LogP contribution in [0.1, 0.15) is 46.8 Å². The maximum atomic E-state index is 11.8. The summed E-state index contributed by atoms with van der Waals surface area (Å²) in [6.45, 7) is 3.98. The van der Waals surface area contributed by atoms with Crippen LogP contribution in [-0.4, -0.2) is 5.78 Å². The van der Waals surface area contributed by atoms with E-state index in [2.05, 4.69) is 43.3 Å². The lowest BCUT2D eigenvalue weighted by atomic mass is 9.98. The molecule has 104 valence electrons. The van der Waals surface area contributed by atoms with Crippen LogP contribution < -0.4 is 0 Å². The smallest absolute Gasteiger partial charge is 0.162 e. The number of benzene rings is 2. The first-order valence-electron chi connectivity index (χ1n) is 7.36. The van der Waals surface area contributed by atoms with E-state index in [0.29, 0.717) is 6.42 Å². The highest BCUT2D eigenvalue weighted by Gasteiger charge is 2.05. The van der Waals surface area contributed by atoms with Gasteiger partial charge in [-0.15, -0.1) is 0 Å². The monoisotopic (exact) mass is 266 g/mol. The number of rotatable bonds is 6. The summed E-state index contributed by atoms with van der Waals surface area (Å²) in [7, 11) is 0. The highest BCUT2D eigenvalue weighted by molar-refractivity contribution is 5.96. The molecule has 0 atom stereocenters. The Balaban J connectivity index is 1.99. The van der Waals surface area contributed by atoms with E-state index in [1.54, 1.807) is 0 Å². The lowest BCUT2D eigenvalue weighted by Gasteiger charge is -2.07. The summed E-state index contributed by atoms with van der Waals surface area (Å²) in [5.41, 5.74) is 4.70. The van der Waals surface area contributed by atoms with Crippen molar-refractivity contribution in [3.8, 4) is 0 Å². The van der Waals surface area contributed by atoms with Gasteiger partial charge in [0.15, 0.2) is 5.78 Å². The first kappa shape index (κ1) is 14.5. The van der Waals surface area contributed by atoms with Gasteiger partial charge in [-0.05, 0) is 49.4 Å². The van der Waals surface area contributed by atoms with E-state index in [-0.39, 0.29) is 5.78 Å². The third-order valence-electron chi connectivity index (χ3n) is 3.55. The van der Waals surface area contributed by atoms with Gasteiger partial charge in [-0.1, -0.05) is 48.9 Å². The van der Waals surface area contributed by atoms with Crippen LogP contribution in [0.2, 0.25) is 0 Å². The van der Waals surface area contributed by atoms with Crippen molar-refractivity contribution in [1.29, 1.82) is 0 Å². The Morgan fingerprint density at radius 2 is 1.65 bits per heavy atom. The molecule has 0 aliphatic carbocycles. The molecule has 0 saturated heterocycles. The Morgan fingerprint density at radius 3 is 2.35 bits per heavy atom. The average molecular weight is 266 g/mol. The van der Waals surface area contributed by atoms with Gasteiger partial charge in [-0.3, -0.25) is 4.79 Å². The average Bonchev–Trinajstić information content (AvgIpc) is 2.47. The van der Waals surface area contributed by atoms with Gasteiger partial charge in [0, 0.05) is 12.0 Å². The molecule has 0 radical (unpaired) electrons. The predicted octanol–water partition coefficient (Wildman–Crippen LogP) is 4.76. The summed E-state index contributed by atoms with van der Waals surface area (Å²) in [6.07, 6.45) is 3.81. The van der Waals surface area contributed by atoms with Crippen LogP contribution in [0.3, 0.4) is 0 Å². The van der Waals surface area contributed by atoms with Crippen LogP contribution >= 0.6 is 0 Å². The normalized spacial score (nSPS) is 10.5. The lowest BCUT2D eigenvalue weighted by Crippen LogP contribution is -1.99. The number of hydrogen-bond acceptors (Lipinski definition) is 1. The Labute approximate surface area is 121 Å². The number of ketones is 1. The van der Waals surface area contributed by atoms with Gasteiger partial charge in [0.2, 0.25) is 0 Å². The molecule has 0 heterocycles. The van der Waals surface area contributed by atoms with E-state index in [1.807, 2.05) is 19.1 Å². The molecular weight excluding hydrogens is 244 g/mol. The summed E-state index contributed by atoms with van der Waals surface area (Å²) in [4.78, 5) is 11.8. The minimum atomic E-state index is 0.234. The van der Waals surface area contributed by atoms with Crippen molar-refractivity contribution in [1.82, 2.24) is 0 Å². The van der Waals surface area contributed by atoms with Crippen molar-refractivity contribution < 1.29 is 4.79 Å². The quantitative estimate of drug-likeness (QED) is 0.689. The Kier molecular flexibility index (Phi) is 5.11. The molecule has 2 aromatic rings. The standard InChI is InChI=1S/C19H22O/c1-3-19(20)18-13-15(2)12-17(14-18)11-7-10-16-8-5-4-6-9-16/h4-6,8-9,12-14H,3,7,10-11H2,1-2H3. The highest BCUT2D eigenvalue weighted by atomic mass is 16.1. The van der Waals surface area contributed by atoms with E-state index in [4.69, 9.17) is 0 Å². The molecule has 2 aromatic carbocycles. The van der Waals surface area contributed by atoms with Gasteiger partial charge in [-0.25, -0.2) is 0 Å². The van der Waals surface area contributed by atoms with Crippen molar-refractivity contribution in [2.75, 3.05) is 0 Å². The second-order valence-electron chi connectivity index (χ2n) is 5.32. The Hall–Kier alpha value is -1.89. The fraction of sp³-hybridized carbons (Fsp3) is 0.316. The Morgan fingerprint density at radius 1 is 0.950 bits per heavy atom. The molecule has 0 spiro atoms. The summed E-state index contributed by atoms with van der Waals surface area (Å²) >= 11 is 0.